The van der Waals surface area contributed by atoms with Crippen molar-refractivity contribution in [2.45, 2.75) is 11.9 Å². The quantitative estimate of drug-likeness (QED) is 0.436. The van der Waals surface area contributed by atoms with Crippen molar-refractivity contribution in [3.05, 3.63) is 0 Å². The predicted octanol–water partition coefficient (Wildman–Crippen LogP) is -0.439. The van der Waals surface area contributed by atoms with Gasteiger partial charge in [-0.1, -0.05) is 0 Å². The molecule has 1 rings (SSSR count). The first kappa shape index (κ1) is 5.05. The summed E-state index contributed by atoms with van der Waals surface area (Å²) >= 11 is 0. The molecule has 1 aliphatic rings. The van der Waals surface area contributed by atoms with E-state index in [9.17, 15) is 13.5 Å². The molecule has 0 aromatic rings. The molecule has 0 saturated carbocycles. The van der Waals surface area contributed by atoms with E-state index in [1.54, 1.807) is 0 Å². The molecule has 1 radical (unpaired) electrons. The maximum absolute atomic E-state index is 10.1. The molecule has 1 unspecified atom stereocenters. The van der Waals surface area contributed by atoms with Crippen molar-refractivity contribution < 1.29 is 13.5 Å². The summed E-state index contributed by atoms with van der Waals surface area (Å²) in [4.78, 5) is 0. The molecule has 0 spiro atoms. The molecule has 1 aliphatic heterocycles. The van der Waals surface area contributed by atoms with Crippen molar-refractivity contribution in [1.29, 1.82) is 0 Å². The van der Waals surface area contributed by atoms with Crippen LogP contribution in [0.5, 0.6) is 0 Å². The third-order valence-corrected chi connectivity index (χ3v) is 2.88. The summed E-state index contributed by atoms with van der Waals surface area (Å²) in [7, 11) is -3.12. The number of hydrogen-bond donors (Lipinski definition) is 0. The zero-order valence-corrected chi connectivity index (χ0v) is 4.44. The van der Waals surface area contributed by atoms with Crippen molar-refractivity contribution in [1.82, 2.24) is 0 Å². The summed E-state index contributed by atoms with van der Waals surface area (Å²) in [5.41, 5.74) is -1.30. The van der Waals surface area contributed by atoms with E-state index >= 15 is 0 Å². The Kier molecular flexibility index (Phi) is 0.864. The largest absolute Gasteiger partial charge is 0.226 e. The molecule has 0 bridgehead atoms. The molecule has 1 saturated heterocycles. The van der Waals surface area contributed by atoms with Crippen LogP contribution in [-0.4, -0.2) is 19.6 Å². The summed E-state index contributed by atoms with van der Waals surface area (Å²) in [6, 6.07) is 0. The molecule has 1 heterocycles. The van der Waals surface area contributed by atoms with Crippen LogP contribution in [0.15, 0.2) is 0 Å². The smallest absolute Gasteiger partial charge is 0.194 e. The maximum atomic E-state index is 10.1. The van der Waals surface area contributed by atoms with Crippen LogP contribution in [0.1, 0.15) is 6.42 Å². The average Bonchev–Trinajstić information content (AvgIpc) is 1.63. The average molecular weight is 121 g/mol. The van der Waals surface area contributed by atoms with Gasteiger partial charge >= 0.3 is 0 Å². The van der Waals surface area contributed by atoms with E-state index in [-0.39, 0.29) is 5.75 Å². The first-order valence-electron chi connectivity index (χ1n) is 2.00. The maximum Gasteiger partial charge on any atom is 0.194 e. The topological polar surface area (TPSA) is 54.0 Å². The van der Waals surface area contributed by atoms with E-state index < -0.39 is 15.3 Å². The zero-order chi connectivity index (χ0) is 5.49. The minimum Gasteiger partial charge on any atom is -0.226 e. The molecule has 4 heteroatoms. The number of hydrogen-bond acceptors (Lipinski definition) is 2. The summed E-state index contributed by atoms with van der Waals surface area (Å²) in [6.45, 7) is 0. The van der Waals surface area contributed by atoms with Crippen LogP contribution in [0, 0.1) is 0 Å². The lowest BCUT2D eigenvalue weighted by atomic mass is 10.5. The minimum absolute atomic E-state index is 0.0984. The van der Waals surface area contributed by atoms with Gasteiger partial charge in [0.25, 0.3) is 0 Å². The van der Waals surface area contributed by atoms with Gasteiger partial charge in [0.05, 0.1) is 5.75 Å². The Morgan fingerprint density at radius 1 is 1.43 bits per heavy atom. The van der Waals surface area contributed by atoms with E-state index in [0.717, 1.165) is 0 Å². The molecule has 1 fully saturated rings. The fourth-order valence-electron chi connectivity index (χ4n) is 0.407. The third kappa shape index (κ3) is 0.637. The van der Waals surface area contributed by atoms with Crippen LogP contribution in [-0.2, 0) is 14.9 Å². The Labute approximate surface area is 41.9 Å². The van der Waals surface area contributed by atoms with Crippen molar-refractivity contribution >= 4 is 9.84 Å². The van der Waals surface area contributed by atoms with Gasteiger partial charge in [-0.3, -0.25) is 0 Å². The highest BCUT2D eigenvalue weighted by atomic mass is 32.2. The Morgan fingerprint density at radius 2 is 1.86 bits per heavy atom. The van der Waals surface area contributed by atoms with Crippen LogP contribution >= 0.6 is 0 Å². The van der Waals surface area contributed by atoms with Crippen molar-refractivity contribution in [3.63, 3.8) is 0 Å². The monoisotopic (exact) mass is 121 g/mol. The highest BCUT2D eigenvalue weighted by Gasteiger charge is 2.34. The van der Waals surface area contributed by atoms with Crippen molar-refractivity contribution in [2.24, 2.45) is 0 Å². The number of rotatable bonds is 0. The van der Waals surface area contributed by atoms with Gasteiger partial charge in [-0.05, 0) is 0 Å². The van der Waals surface area contributed by atoms with Gasteiger partial charge in [0.15, 0.2) is 15.3 Å². The molecule has 0 amide bonds. The van der Waals surface area contributed by atoms with Gasteiger partial charge in [0, 0.05) is 6.42 Å². The summed E-state index contributed by atoms with van der Waals surface area (Å²) in [5, 5.41) is 10.0. The van der Waals surface area contributed by atoms with Crippen molar-refractivity contribution in [3.8, 4) is 0 Å². The van der Waals surface area contributed by atoms with E-state index in [2.05, 4.69) is 0 Å². The van der Waals surface area contributed by atoms with Gasteiger partial charge in [-0.15, -0.1) is 0 Å². The first-order valence-corrected chi connectivity index (χ1v) is 3.72. The fraction of sp³-hybridized carbons (Fsp3) is 1.00. The standard InChI is InChI=1S/C3H5O3S/c4-3-1-2-7(3,5)6/h3H,1-2H2. The Morgan fingerprint density at radius 3 is 1.86 bits per heavy atom. The molecule has 41 valence electrons. The van der Waals surface area contributed by atoms with Crippen LogP contribution in [0.3, 0.4) is 0 Å². The van der Waals surface area contributed by atoms with Crippen LogP contribution in [0.4, 0.5) is 0 Å². The van der Waals surface area contributed by atoms with E-state index in [4.69, 9.17) is 0 Å². The van der Waals surface area contributed by atoms with Gasteiger partial charge in [-0.25, -0.2) is 13.5 Å². The summed E-state index contributed by atoms with van der Waals surface area (Å²) in [6.07, 6.45) is 0.308. The van der Waals surface area contributed by atoms with E-state index in [1.165, 1.54) is 0 Å². The molecule has 0 aromatic heterocycles. The molecular weight excluding hydrogens is 116 g/mol. The predicted molar refractivity (Wildman–Crippen MR) is 22.9 cm³/mol. The highest BCUT2D eigenvalue weighted by Crippen LogP contribution is 2.16. The van der Waals surface area contributed by atoms with Crippen molar-refractivity contribution in [2.75, 3.05) is 5.75 Å². The second-order valence-electron chi connectivity index (χ2n) is 1.59. The fourth-order valence-corrected chi connectivity index (χ4v) is 1.22. The summed E-state index contributed by atoms with van der Waals surface area (Å²) in [5.74, 6) is 0.0984. The molecule has 0 N–H and O–H groups in total. The molecule has 0 aromatic carbocycles. The molecule has 1 atom stereocenters. The van der Waals surface area contributed by atoms with Crippen LogP contribution in [0.25, 0.3) is 0 Å². The molecule has 7 heavy (non-hydrogen) atoms. The second kappa shape index (κ2) is 1.20. The lowest BCUT2D eigenvalue weighted by molar-refractivity contribution is 0.137. The molecule has 0 aliphatic carbocycles. The normalized spacial score (nSPS) is 37.0. The minimum atomic E-state index is -3.12. The van der Waals surface area contributed by atoms with Crippen LogP contribution in [0.2, 0.25) is 0 Å². The Hall–Kier alpha value is -0.0900. The lowest BCUT2D eigenvalue weighted by Crippen LogP contribution is -2.34. The van der Waals surface area contributed by atoms with Gasteiger partial charge < -0.3 is 0 Å². The third-order valence-electron chi connectivity index (χ3n) is 1.04. The lowest BCUT2D eigenvalue weighted by Gasteiger charge is -2.16. The molecule has 3 nitrogen and oxygen atoms in total. The Balaban J connectivity index is 2.79. The highest BCUT2D eigenvalue weighted by molar-refractivity contribution is 7.93. The van der Waals surface area contributed by atoms with Crippen LogP contribution < -0.4 is 0 Å². The van der Waals surface area contributed by atoms with Gasteiger partial charge in [0.2, 0.25) is 0 Å². The number of sulfone groups is 1. The molecular formula is C3H5O3S. The summed E-state index contributed by atoms with van der Waals surface area (Å²) < 4.78 is 20.2. The first-order chi connectivity index (χ1) is 3.13. The Bertz CT molecular complexity index is 157. The SMILES string of the molecule is [O]C1CCS1(=O)=O. The van der Waals surface area contributed by atoms with E-state index in [0.29, 0.717) is 6.42 Å². The van der Waals surface area contributed by atoms with E-state index in [1.807, 2.05) is 0 Å². The second-order valence-corrected chi connectivity index (χ2v) is 3.84. The zero-order valence-electron chi connectivity index (χ0n) is 3.62. The van der Waals surface area contributed by atoms with Gasteiger partial charge in [0.1, 0.15) is 0 Å². The van der Waals surface area contributed by atoms with Gasteiger partial charge in [-0.2, -0.15) is 0 Å².